The molecule has 0 amide bonds. The third kappa shape index (κ3) is 2.39. The lowest BCUT2D eigenvalue weighted by Crippen LogP contribution is -2.29. The number of hydrogen-bond donors (Lipinski definition) is 1. The van der Waals surface area contributed by atoms with Gasteiger partial charge in [-0.3, -0.25) is 14.9 Å². The molecular formula is C17H22N4. The van der Waals surface area contributed by atoms with Gasteiger partial charge in [-0.15, -0.1) is 0 Å². The molecule has 4 heteroatoms. The van der Waals surface area contributed by atoms with Gasteiger partial charge in [0.1, 0.15) is 0 Å². The molecule has 0 spiro atoms. The molecule has 4 nitrogen and oxygen atoms in total. The maximum absolute atomic E-state index is 4.05. The number of aromatic amines is 1. The Morgan fingerprint density at radius 3 is 2.76 bits per heavy atom. The Morgan fingerprint density at radius 1 is 1.14 bits per heavy atom. The summed E-state index contributed by atoms with van der Waals surface area (Å²) in [5, 5.41) is 7.13. The Morgan fingerprint density at radius 2 is 2.00 bits per heavy atom. The molecule has 2 aliphatic rings. The van der Waals surface area contributed by atoms with Gasteiger partial charge in [0.25, 0.3) is 0 Å². The van der Waals surface area contributed by atoms with Crippen LogP contribution in [0.4, 0.5) is 0 Å². The zero-order valence-corrected chi connectivity index (χ0v) is 12.4. The fourth-order valence-corrected chi connectivity index (χ4v) is 4.24. The van der Waals surface area contributed by atoms with Gasteiger partial charge in [-0.05, 0) is 30.5 Å². The van der Waals surface area contributed by atoms with Gasteiger partial charge in [0, 0.05) is 44.1 Å². The first kappa shape index (κ1) is 13.0. The molecule has 2 saturated heterocycles. The highest BCUT2D eigenvalue weighted by Crippen LogP contribution is 2.44. The molecule has 1 aromatic heterocycles. The first-order valence-electron chi connectivity index (χ1n) is 7.77. The van der Waals surface area contributed by atoms with Crippen molar-refractivity contribution >= 4 is 0 Å². The molecule has 0 aliphatic carbocycles. The Labute approximate surface area is 125 Å². The lowest BCUT2D eigenvalue weighted by Gasteiger charge is -2.26. The van der Waals surface area contributed by atoms with Gasteiger partial charge in [0.2, 0.25) is 0 Å². The zero-order valence-electron chi connectivity index (χ0n) is 12.4. The van der Waals surface area contributed by atoms with E-state index >= 15 is 0 Å². The molecule has 2 aromatic rings. The standard InChI is InChI=1S/C17H22N4/c1-20-9-14-10-21(11-15-7-8-18-19-15)12-16(14)17(20)13-5-3-2-4-6-13/h2-8,14,16-17H,9-12H2,1H3,(H,18,19)/t14-,16+,17-/m0/s1. The molecule has 1 aromatic carbocycles. The van der Waals surface area contributed by atoms with Crippen molar-refractivity contribution in [1.29, 1.82) is 0 Å². The normalized spacial score (nSPS) is 29.9. The predicted molar refractivity (Wildman–Crippen MR) is 82.7 cm³/mol. The van der Waals surface area contributed by atoms with Crippen molar-refractivity contribution in [3.05, 3.63) is 53.9 Å². The molecule has 2 aliphatic heterocycles. The third-order valence-electron chi connectivity index (χ3n) is 5.06. The summed E-state index contributed by atoms with van der Waals surface area (Å²) in [4.78, 5) is 5.12. The van der Waals surface area contributed by atoms with E-state index < -0.39 is 0 Å². The van der Waals surface area contributed by atoms with E-state index in [2.05, 4.69) is 63.4 Å². The number of benzene rings is 1. The summed E-state index contributed by atoms with van der Waals surface area (Å²) in [6.07, 6.45) is 1.84. The topological polar surface area (TPSA) is 35.2 Å². The number of hydrogen-bond acceptors (Lipinski definition) is 3. The van der Waals surface area contributed by atoms with E-state index in [0.29, 0.717) is 6.04 Å². The molecule has 110 valence electrons. The molecule has 0 radical (unpaired) electrons. The van der Waals surface area contributed by atoms with Crippen LogP contribution in [0.1, 0.15) is 17.3 Å². The largest absolute Gasteiger partial charge is 0.299 e. The lowest BCUT2D eigenvalue weighted by molar-refractivity contribution is 0.223. The van der Waals surface area contributed by atoms with E-state index in [1.54, 1.807) is 0 Å². The fourth-order valence-electron chi connectivity index (χ4n) is 4.24. The summed E-state index contributed by atoms with van der Waals surface area (Å²) < 4.78 is 0. The van der Waals surface area contributed by atoms with Crippen molar-refractivity contribution < 1.29 is 0 Å². The Kier molecular flexibility index (Phi) is 3.28. The number of fused-ring (bicyclic) bond motifs is 1. The van der Waals surface area contributed by atoms with Gasteiger partial charge in [-0.25, -0.2) is 0 Å². The zero-order chi connectivity index (χ0) is 14.2. The maximum Gasteiger partial charge on any atom is 0.0492 e. The second-order valence-electron chi connectivity index (χ2n) is 6.49. The minimum Gasteiger partial charge on any atom is -0.299 e. The van der Waals surface area contributed by atoms with Crippen molar-refractivity contribution in [2.24, 2.45) is 11.8 Å². The molecule has 21 heavy (non-hydrogen) atoms. The van der Waals surface area contributed by atoms with Crippen LogP contribution in [0.5, 0.6) is 0 Å². The van der Waals surface area contributed by atoms with Crippen LogP contribution in [0.15, 0.2) is 42.6 Å². The molecule has 0 saturated carbocycles. The summed E-state index contributed by atoms with van der Waals surface area (Å²) in [6, 6.07) is 13.6. The number of rotatable bonds is 3. The van der Waals surface area contributed by atoms with E-state index in [9.17, 15) is 0 Å². The van der Waals surface area contributed by atoms with Crippen LogP contribution in [-0.4, -0.2) is 46.7 Å². The summed E-state index contributed by atoms with van der Waals surface area (Å²) in [7, 11) is 2.27. The van der Waals surface area contributed by atoms with Crippen LogP contribution >= 0.6 is 0 Å². The molecule has 3 atom stereocenters. The molecule has 3 heterocycles. The minimum absolute atomic E-state index is 0.572. The average molecular weight is 282 g/mol. The van der Waals surface area contributed by atoms with Gasteiger partial charge < -0.3 is 0 Å². The van der Waals surface area contributed by atoms with E-state index in [0.717, 1.165) is 18.4 Å². The minimum atomic E-state index is 0.572. The number of likely N-dealkylation sites (tertiary alicyclic amines) is 2. The maximum atomic E-state index is 4.05. The van der Waals surface area contributed by atoms with Crippen molar-refractivity contribution in [2.75, 3.05) is 26.7 Å². The highest BCUT2D eigenvalue weighted by atomic mass is 15.3. The van der Waals surface area contributed by atoms with E-state index in [1.165, 1.54) is 30.9 Å². The fraction of sp³-hybridized carbons (Fsp3) is 0.471. The van der Waals surface area contributed by atoms with Gasteiger partial charge in [-0.1, -0.05) is 30.3 Å². The second-order valence-corrected chi connectivity index (χ2v) is 6.49. The van der Waals surface area contributed by atoms with Crippen LogP contribution in [0.3, 0.4) is 0 Å². The van der Waals surface area contributed by atoms with Gasteiger partial charge in [0.05, 0.1) is 0 Å². The van der Waals surface area contributed by atoms with Crippen LogP contribution in [-0.2, 0) is 6.54 Å². The molecule has 4 rings (SSSR count). The van der Waals surface area contributed by atoms with Crippen LogP contribution < -0.4 is 0 Å². The predicted octanol–water partition coefficient (Wildman–Crippen LogP) is 2.14. The Hall–Kier alpha value is -1.65. The highest BCUT2D eigenvalue weighted by molar-refractivity contribution is 5.22. The molecule has 0 unspecified atom stereocenters. The summed E-state index contributed by atoms with van der Waals surface area (Å²) in [5.41, 5.74) is 2.69. The lowest BCUT2D eigenvalue weighted by atomic mass is 9.90. The van der Waals surface area contributed by atoms with Crippen molar-refractivity contribution in [3.63, 3.8) is 0 Å². The molecule has 1 N–H and O–H groups in total. The molecular weight excluding hydrogens is 260 g/mol. The summed E-state index contributed by atoms with van der Waals surface area (Å²) in [6.45, 7) is 4.60. The number of H-pyrrole nitrogens is 1. The second kappa shape index (κ2) is 5.28. The third-order valence-corrected chi connectivity index (χ3v) is 5.06. The Bertz CT molecular complexity index is 580. The Balaban J connectivity index is 1.51. The number of nitrogens with one attached hydrogen (secondary N) is 1. The first-order chi connectivity index (χ1) is 10.3. The van der Waals surface area contributed by atoms with Gasteiger partial charge in [0.15, 0.2) is 0 Å². The number of nitrogens with zero attached hydrogens (tertiary/aromatic N) is 3. The van der Waals surface area contributed by atoms with E-state index in [-0.39, 0.29) is 0 Å². The summed E-state index contributed by atoms with van der Waals surface area (Å²) in [5.74, 6) is 1.54. The van der Waals surface area contributed by atoms with Crippen molar-refractivity contribution in [3.8, 4) is 0 Å². The summed E-state index contributed by atoms with van der Waals surface area (Å²) >= 11 is 0. The van der Waals surface area contributed by atoms with Crippen LogP contribution in [0.2, 0.25) is 0 Å². The molecule has 2 fully saturated rings. The quantitative estimate of drug-likeness (QED) is 0.937. The SMILES string of the molecule is CN1C[C@H]2CN(Cc3ccn[nH]3)C[C@H]2[C@@H]1c1ccccc1. The van der Waals surface area contributed by atoms with Crippen molar-refractivity contribution in [2.45, 2.75) is 12.6 Å². The molecule has 0 bridgehead atoms. The van der Waals surface area contributed by atoms with Crippen LogP contribution in [0, 0.1) is 11.8 Å². The number of aromatic nitrogens is 2. The smallest absolute Gasteiger partial charge is 0.0492 e. The van der Waals surface area contributed by atoms with Gasteiger partial charge >= 0.3 is 0 Å². The van der Waals surface area contributed by atoms with E-state index in [1.807, 2.05) is 6.20 Å². The van der Waals surface area contributed by atoms with Crippen molar-refractivity contribution in [1.82, 2.24) is 20.0 Å². The average Bonchev–Trinajstić information content (AvgIpc) is 3.17. The first-order valence-corrected chi connectivity index (χ1v) is 7.77. The van der Waals surface area contributed by atoms with Gasteiger partial charge in [-0.2, -0.15) is 5.10 Å². The van der Waals surface area contributed by atoms with E-state index in [4.69, 9.17) is 0 Å². The van der Waals surface area contributed by atoms with Crippen LogP contribution in [0.25, 0.3) is 0 Å². The highest BCUT2D eigenvalue weighted by Gasteiger charge is 2.45. The monoisotopic (exact) mass is 282 g/mol.